The first kappa shape index (κ1) is 12.1. The summed E-state index contributed by atoms with van der Waals surface area (Å²) in [5, 5.41) is 4.04. The molecule has 0 spiro atoms. The van der Waals surface area contributed by atoms with Crippen LogP contribution >= 0.6 is 0 Å². The van der Waals surface area contributed by atoms with Gasteiger partial charge in [-0.25, -0.2) is 0 Å². The van der Waals surface area contributed by atoms with Gasteiger partial charge in [-0.15, -0.1) is 0 Å². The summed E-state index contributed by atoms with van der Waals surface area (Å²) in [5.74, 6) is 0.0947. The number of nitrogens with two attached hydrogens (primary N) is 1. The van der Waals surface area contributed by atoms with Crippen LogP contribution in [-0.4, -0.2) is 64.8 Å². The number of amides is 1. The van der Waals surface area contributed by atoms with Gasteiger partial charge in [-0.05, 0) is 13.1 Å². The Morgan fingerprint density at radius 1 is 1.53 bits per heavy atom. The second-order valence-electron chi connectivity index (χ2n) is 4.44. The van der Waals surface area contributed by atoms with Crippen LogP contribution in [0.5, 0.6) is 0 Å². The number of carbonyl (C=O) groups is 1. The number of hydrogen-bond donors (Lipinski definition) is 1. The normalized spacial score (nSPS) is 21.8. The van der Waals surface area contributed by atoms with Gasteiger partial charge < -0.3 is 15.5 Å². The van der Waals surface area contributed by atoms with E-state index in [0.29, 0.717) is 13.1 Å². The fourth-order valence-corrected chi connectivity index (χ4v) is 2.16. The van der Waals surface area contributed by atoms with Gasteiger partial charge in [0.05, 0.1) is 6.04 Å². The van der Waals surface area contributed by atoms with E-state index >= 15 is 0 Å². The van der Waals surface area contributed by atoms with Crippen LogP contribution in [0.1, 0.15) is 0 Å². The third kappa shape index (κ3) is 2.83. The highest BCUT2D eigenvalue weighted by atomic mass is 16.2. The third-order valence-electron chi connectivity index (χ3n) is 3.13. The highest BCUT2D eigenvalue weighted by molar-refractivity contribution is 5.76. The van der Waals surface area contributed by atoms with Crippen molar-refractivity contribution < 1.29 is 4.79 Å². The highest BCUT2D eigenvalue weighted by Crippen LogP contribution is 2.08. The average Bonchev–Trinajstić information content (AvgIpc) is 2.81. The van der Waals surface area contributed by atoms with Gasteiger partial charge in [0.1, 0.15) is 6.54 Å². The summed E-state index contributed by atoms with van der Waals surface area (Å²) in [6.45, 7) is 3.31. The summed E-state index contributed by atoms with van der Waals surface area (Å²) in [6.07, 6.45) is 3.48. The predicted molar refractivity (Wildman–Crippen MR) is 64.3 cm³/mol. The van der Waals surface area contributed by atoms with Crippen molar-refractivity contribution in [3.05, 3.63) is 18.5 Å². The van der Waals surface area contributed by atoms with Crippen molar-refractivity contribution in [1.29, 1.82) is 0 Å². The van der Waals surface area contributed by atoms with Crippen LogP contribution in [0.2, 0.25) is 0 Å². The molecule has 1 unspecified atom stereocenters. The largest absolute Gasteiger partial charge is 0.334 e. The van der Waals surface area contributed by atoms with Gasteiger partial charge in [-0.1, -0.05) is 0 Å². The molecule has 0 saturated carbocycles. The monoisotopic (exact) mass is 237 g/mol. The Morgan fingerprint density at radius 2 is 2.35 bits per heavy atom. The van der Waals surface area contributed by atoms with Gasteiger partial charge in [0.2, 0.25) is 5.91 Å². The first-order valence-electron chi connectivity index (χ1n) is 5.86. The molecule has 1 fully saturated rings. The van der Waals surface area contributed by atoms with E-state index in [0.717, 1.165) is 19.6 Å². The summed E-state index contributed by atoms with van der Waals surface area (Å²) in [6, 6.07) is 1.94. The molecule has 0 radical (unpaired) electrons. The van der Waals surface area contributed by atoms with Gasteiger partial charge in [-0.2, -0.15) is 5.10 Å². The Hall–Kier alpha value is -1.40. The quantitative estimate of drug-likeness (QED) is 0.731. The average molecular weight is 237 g/mol. The van der Waals surface area contributed by atoms with E-state index in [1.54, 1.807) is 17.1 Å². The second kappa shape index (κ2) is 5.29. The molecule has 1 aromatic rings. The van der Waals surface area contributed by atoms with Crippen LogP contribution in [0, 0.1) is 0 Å². The lowest BCUT2D eigenvalue weighted by Crippen LogP contribution is -2.57. The molecule has 2 rings (SSSR count). The number of piperazine rings is 1. The van der Waals surface area contributed by atoms with Crippen molar-refractivity contribution in [2.45, 2.75) is 12.6 Å². The lowest BCUT2D eigenvalue weighted by atomic mass is 10.1. The van der Waals surface area contributed by atoms with Crippen molar-refractivity contribution in [1.82, 2.24) is 19.6 Å². The number of carbonyl (C=O) groups excluding carboxylic acids is 1. The van der Waals surface area contributed by atoms with Gasteiger partial charge in [0.25, 0.3) is 0 Å². The number of likely N-dealkylation sites (N-methyl/N-ethyl adjacent to an activating group) is 1. The molecule has 94 valence electrons. The van der Waals surface area contributed by atoms with Gasteiger partial charge in [-0.3, -0.25) is 9.48 Å². The van der Waals surface area contributed by atoms with Crippen molar-refractivity contribution in [3.8, 4) is 0 Å². The fourth-order valence-electron chi connectivity index (χ4n) is 2.16. The van der Waals surface area contributed by atoms with Gasteiger partial charge >= 0.3 is 0 Å². The number of hydrogen-bond acceptors (Lipinski definition) is 4. The molecule has 1 amide bonds. The fraction of sp³-hybridized carbons (Fsp3) is 0.636. The smallest absolute Gasteiger partial charge is 0.244 e. The van der Waals surface area contributed by atoms with Gasteiger partial charge in [0, 0.05) is 38.6 Å². The molecule has 2 heterocycles. The Kier molecular flexibility index (Phi) is 3.75. The first-order valence-corrected chi connectivity index (χ1v) is 5.86. The Balaban J connectivity index is 1.98. The number of aromatic nitrogens is 2. The van der Waals surface area contributed by atoms with Crippen LogP contribution in [0.25, 0.3) is 0 Å². The molecule has 0 aromatic carbocycles. The minimum atomic E-state index is 0.0947. The standard InChI is InChI=1S/C11H19N5O/c1-14-5-6-16(10(7-12)8-14)11(17)9-15-4-2-3-13-15/h2-4,10H,5-9,12H2,1H3. The number of nitrogens with zero attached hydrogens (tertiary/aromatic N) is 4. The van der Waals surface area contributed by atoms with E-state index in [4.69, 9.17) is 5.73 Å². The molecule has 1 aliphatic heterocycles. The van der Waals surface area contributed by atoms with E-state index in [-0.39, 0.29) is 11.9 Å². The molecule has 0 bridgehead atoms. The molecular weight excluding hydrogens is 218 g/mol. The zero-order chi connectivity index (χ0) is 12.3. The zero-order valence-corrected chi connectivity index (χ0v) is 10.1. The van der Waals surface area contributed by atoms with E-state index in [1.165, 1.54) is 0 Å². The molecule has 17 heavy (non-hydrogen) atoms. The molecule has 6 heteroatoms. The summed E-state index contributed by atoms with van der Waals surface area (Å²) in [7, 11) is 2.05. The third-order valence-corrected chi connectivity index (χ3v) is 3.13. The molecule has 0 aliphatic carbocycles. The minimum absolute atomic E-state index is 0.0947. The maximum absolute atomic E-state index is 12.1. The summed E-state index contributed by atoms with van der Waals surface area (Å²) in [4.78, 5) is 16.2. The van der Waals surface area contributed by atoms with Crippen LogP contribution in [-0.2, 0) is 11.3 Å². The van der Waals surface area contributed by atoms with Crippen molar-refractivity contribution in [2.24, 2.45) is 5.73 Å². The summed E-state index contributed by atoms with van der Waals surface area (Å²) < 4.78 is 1.65. The Bertz CT molecular complexity index is 364. The van der Waals surface area contributed by atoms with E-state index < -0.39 is 0 Å². The van der Waals surface area contributed by atoms with Crippen LogP contribution in [0.15, 0.2) is 18.5 Å². The topological polar surface area (TPSA) is 67.4 Å². The van der Waals surface area contributed by atoms with Gasteiger partial charge in [0.15, 0.2) is 0 Å². The maximum Gasteiger partial charge on any atom is 0.244 e. The van der Waals surface area contributed by atoms with Crippen LogP contribution in [0.4, 0.5) is 0 Å². The molecule has 1 aromatic heterocycles. The summed E-state index contributed by atoms with van der Waals surface area (Å²) >= 11 is 0. The molecule has 1 atom stereocenters. The molecule has 1 aliphatic rings. The second-order valence-corrected chi connectivity index (χ2v) is 4.44. The lowest BCUT2D eigenvalue weighted by Gasteiger charge is -2.39. The Morgan fingerprint density at radius 3 is 3.00 bits per heavy atom. The van der Waals surface area contributed by atoms with Crippen molar-refractivity contribution >= 4 is 5.91 Å². The SMILES string of the molecule is CN1CCN(C(=O)Cn2cccn2)C(CN)C1. The van der Waals surface area contributed by atoms with Crippen LogP contribution < -0.4 is 5.73 Å². The highest BCUT2D eigenvalue weighted by Gasteiger charge is 2.27. The predicted octanol–water partition coefficient (Wildman–Crippen LogP) is -1.02. The minimum Gasteiger partial charge on any atom is -0.334 e. The molecule has 1 saturated heterocycles. The molecule has 6 nitrogen and oxygen atoms in total. The first-order chi connectivity index (χ1) is 8.20. The molecule has 2 N–H and O–H groups in total. The molecular formula is C11H19N5O. The van der Waals surface area contributed by atoms with Crippen LogP contribution in [0.3, 0.4) is 0 Å². The van der Waals surface area contributed by atoms with Crippen molar-refractivity contribution in [3.63, 3.8) is 0 Å². The Labute approximate surface area is 101 Å². The van der Waals surface area contributed by atoms with Crippen molar-refractivity contribution in [2.75, 3.05) is 33.2 Å². The van der Waals surface area contributed by atoms with E-state index in [2.05, 4.69) is 17.0 Å². The summed E-state index contributed by atoms with van der Waals surface area (Å²) in [5.41, 5.74) is 5.72. The number of rotatable bonds is 3. The van der Waals surface area contributed by atoms with E-state index in [9.17, 15) is 4.79 Å². The van der Waals surface area contributed by atoms with E-state index in [1.807, 2.05) is 11.0 Å². The zero-order valence-electron chi connectivity index (χ0n) is 10.1. The maximum atomic E-state index is 12.1. The lowest BCUT2D eigenvalue weighted by molar-refractivity contribution is -0.136.